The van der Waals surface area contributed by atoms with Crippen LogP contribution in [0.1, 0.15) is 29.0 Å². The molecule has 0 unspecified atom stereocenters. The molecule has 9 heteroatoms. The molecule has 1 aliphatic rings. The van der Waals surface area contributed by atoms with E-state index in [-0.39, 0.29) is 5.41 Å². The fraction of sp³-hybridized carbons (Fsp3) is 0.316. The van der Waals surface area contributed by atoms with Gasteiger partial charge in [0.05, 0.1) is 6.20 Å². The molecule has 3 aromatic rings. The molecular formula is C19H20FN7O. The van der Waals surface area contributed by atoms with E-state index in [1.165, 1.54) is 6.20 Å². The molecule has 1 saturated carbocycles. The zero-order valence-electron chi connectivity index (χ0n) is 15.3. The minimum atomic E-state index is -0.805. The van der Waals surface area contributed by atoms with Crippen molar-refractivity contribution in [1.82, 2.24) is 24.7 Å². The Morgan fingerprint density at radius 3 is 2.68 bits per heavy atom. The molecule has 0 atom stereocenters. The first kappa shape index (κ1) is 18.0. The SMILES string of the molecule is Cn1c(C(N)=O)cnc1-c1ccc(NCC2(c3ccccn3)CC(F)C2)nn1. The van der Waals surface area contributed by atoms with Crippen LogP contribution in [-0.2, 0) is 12.5 Å². The molecular weight excluding hydrogens is 361 g/mol. The van der Waals surface area contributed by atoms with Gasteiger partial charge in [-0.15, -0.1) is 10.2 Å². The highest BCUT2D eigenvalue weighted by Gasteiger charge is 2.47. The molecule has 0 aliphatic heterocycles. The van der Waals surface area contributed by atoms with Crippen LogP contribution in [0.15, 0.2) is 42.7 Å². The van der Waals surface area contributed by atoms with Gasteiger partial charge in [-0.05, 0) is 37.1 Å². The largest absolute Gasteiger partial charge is 0.368 e. The first-order chi connectivity index (χ1) is 13.5. The Kier molecular flexibility index (Phi) is 4.50. The lowest BCUT2D eigenvalue weighted by Crippen LogP contribution is -2.48. The van der Waals surface area contributed by atoms with E-state index >= 15 is 0 Å². The lowest BCUT2D eigenvalue weighted by molar-refractivity contribution is 0.0989. The number of hydrogen-bond acceptors (Lipinski definition) is 6. The zero-order valence-corrected chi connectivity index (χ0v) is 15.3. The molecule has 28 heavy (non-hydrogen) atoms. The Bertz CT molecular complexity index is 981. The Morgan fingerprint density at radius 1 is 1.29 bits per heavy atom. The number of nitrogens with one attached hydrogen (secondary N) is 1. The summed E-state index contributed by atoms with van der Waals surface area (Å²) in [6.07, 6.45) is 3.20. The average molecular weight is 381 g/mol. The molecule has 0 spiro atoms. The van der Waals surface area contributed by atoms with E-state index in [1.807, 2.05) is 18.2 Å². The van der Waals surface area contributed by atoms with Gasteiger partial charge < -0.3 is 15.6 Å². The van der Waals surface area contributed by atoms with Gasteiger partial charge in [-0.2, -0.15) is 0 Å². The Balaban J connectivity index is 1.48. The number of pyridine rings is 1. The minimum Gasteiger partial charge on any atom is -0.368 e. The normalized spacial score (nSPS) is 21.1. The number of hydrogen-bond donors (Lipinski definition) is 2. The van der Waals surface area contributed by atoms with Crippen molar-refractivity contribution in [3.8, 4) is 11.5 Å². The van der Waals surface area contributed by atoms with Gasteiger partial charge in [-0.25, -0.2) is 9.37 Å². The van der Waals surface area contributed by atoms with Gasteiger partial charge in [0.1, 0.15) is 23.4 Å². The third-order valence-corrected chi connectivity index (χ3v) is 5.17. The van der Waals surface area contributed by atoms with Crippen molar-refractivity contribution in [1.29, 1.82) is 0 Å². The summed E-state index contributed by atoms with van der Waals surface area (Å²) in [5.74, 6) is 0.516. The van der Waals surface area contributed by atoms with Crippen LogP contribution >= 0.6 is 0 Å². The maximum absolute atomic E-state index is 13.6. The average Bonchev–Trinajstić information content (AvgIpc) is 3.07. The maximum atomic E-state index is 13.6. The number of nitrogens with zero attached hydrogens (tertiary/aromatic N) is 5. The van der Waals surface area contributed by atoms with Crippen LogP contribution in [0, 0.1) is 0 Å². The van der Waals surface area contributed by atoms with Crippen molar-refractivity contribution in [3.63, 3.8) is 0 Å². The van der Waals surface area contributed by atoms with E-state index < -0.39 is 12.1 Å². The summed E-state index contributed by atoms with van der Waals surface area (Å²) in [5, 5.41) is 11.6. The van der Waals surface area contributed by atoms with Gasteiger partial charge in [0.15, 0.2) is 5.82 Å². The number of halogens is 1. The highest BCUT2D eigenvalue weighted by Crippen LogP contribution is 2.44. The van der Waals surface area contributed by atoms with Gasteiger partial charge >= 0.3 is 0 Å². The van der Waals surface area contributed by atoms with Gasteiger partial charge in [-0.3, -0.25) is 9.78 Å². The van der Waals surface area contributed by atoms with Gasteiger partial charge in [0, 0.05) is 30.9 Å². The molecule has 1 amide bonds. The molecule has 1 fully saturated rings. The summed E-state index contributed by atoms with van der Waals surface area (Å²) in [5.41, 5.74) is 6.67. The molecule has 8 nitrogen and oxygen atoms in total. The van der Waals surface area contributed by atoms with Crippen LogP contribution in [-0.4, -0.2) is 43.4 Å². The van der Waals surface area contributed by atoms with Gasteiger partial charge in [0.2, 0.25) is 0 Å². The Hall–Kier alpha value is -3.36. The van der Waals surface area contributed by atoms with Crippen molar-refractivity contribution >= 4 is 11.7 Å². The van der Waals surface area contributed by atoms with Gasteiger partial charge in [0.25, 0.3) is 5.91 Å². The van der Waals surface area contributed by atoms with E-state index in [2.05, 4.69) is 25.5 Å². The third kappa shape index (κ3) is 3.19. The summed E-state index contributed by atoms with van der Waals surface area (Å²) in [4.78, 5) is 19.9. The second-order valence-corrected chi connectivity index (χ2v) is 7.05. The monoisotopic (exact) mass is 381 g/mol. The number of aromatic nitrogens is 5. The van der Waals surface area contributed by atoms with Crippen LogP contribution in [0.25, 0.3) is 11.5 Å². The summed E-state index contributed by atoms with van der Waals surface area (Å²) in [6, 6.07) is 9.23. The van der Waals surface area contributed by atoms with Crippen LogP contribution in [0.4, 0.5) is 10.2 Å². The molecule has 144 valence electrons. The van der Waals surface area contributed by atoms with E-state index in [1.54, 1.807) is 29.9 Å². The first-order valence-corrected chi connectivity index (χ1v) is 8.94. The number of alkyl halides is 1. The first-order valence-electron chi connectivity index (χ1n) is 8.94. The fourth-order valence-electron chi connectivity index (χ4n) is 3.59. The van der Waals surface area contributed by atoms with E-state index in [9.17, 15) is 9.18 Å². The second kappa shape index (κ2) is 6.99. The number of rotatable bonds is 6. The third-order valence-electron chi connectivity index (χ3n) is 5.17. The molecule has 0 radical (unpaired) electrons. The molecule has 3 N–H and O–H groups in total. The van der Waals surface area contributed by atoms with Gasteiger partial charge in [-0.1, -0.05) is 6.07 Å². The smallest absolute Gasteiger partial charge is 0.266 e. The summed E-state index contributed by atoms with van der Waals surface area (Å²) in [7, 11) is 1.69. The zero-order chi connectivity index (χ0) is 19.7. The second-order valence-electron chi connectivity index (χ2n) is 7.05. The lowest BCUT2D eigenvalue weighted by atomic mass is 9.65. The standard InChI is InChI=1S/C19H20FN7O/c1-27-14(17(21)28)10-23-18(27)13-5-6-16(26-25-13)24-11-19(8-12(20)9-19)15-4-2-3-7-22-15/h2-7,10,12H,8-9,11H2,1H3,(H2,21,28)(H,24,26). The molecule has 3 aromatic heterocycles. The summed E-state index contributed by atoms with van der Waals surface area (Å²) >= 11 is 0. The summed E-state index contributed by atoms with van der Waals surface area (Å²) in [6.45, 7) is 0.521. The van der Waals surface area contributed by atoms with Crippen LogP contribution in [0.3, 0.4) is 0 Å². The highest BCUT2D eigenvalue weighted by molar-refractivity contribution is 5.91. The number of carbonyl (C=O) groups is 1. The Labute approximate surface area is 161 Å². The number of primary amides is 1. The molecule has 0 bridgehead atoms. The predicted octanol–water partition coefficient (Wildman–Crippen LogP) is 1.85. The maximum Gasteiger partial charge on any atom is 0.266 e. The number of anilines is 1. The number of amides is 1. The topological polar surface area (TPSA) is 112 Å². The summed E-state index contributed by atoms with van der Waals surface area (Å²) < 4.78 is 15.2. The molecule has 3 heterocycles. The van der Waals surface area contributed by atoms with E-state index in [4.69, 9.17) is 5.73 Å². The van der Waals surface area contributed by atoms with Crippen molar-refractivity contribution in [3.05, 3.63) is 54.1 Å². The van der Waals surface area contributed by atoms with Crippen LogP contribution < -0.4 is 11.1 Å². The minimum absolute atomic E-state index is 0.294. The number of nitrogens with two attached hydrogens (primary N) is 1. The van der Waals surface area contributed by atoms with Crippen molar-refractivity contribution in [2.45, 2.75) is 24.4 Å². The van der Waals surface area contributed by atoms with Crippen molar-refractivity contribution in [2.24, 2.45) is 12.8 Å². The van der Waals surface area contributed by atoms with Crippen molar-refractivity contribution < 1.29 is 9.18 Å². The molecule has 0 aromatic carbocycles. The number of carbonyl (C=O) groups excluding carboxylic acids is 1. The predicted molar refractivity (Wildman–Crippen MR) is 101 cm³/mol. The lowest BCUT2D eigenvalue weighted by Gasteiger charge is -2.43. The van der Waals surface area contributed by atoms with Crippen LogP contribution in [0.5, 0.6) is 0 Å². The molecule has 0 saturated heterocycles. The highest BCUT2D eigenvalue weighted by atomic mass is 19.1. The van der Waals surface area contributed by atoms with Crippen molar-refractivity contribution in [2.75, 3.05) is 11.9 Å². The molecule has 1 aliphatic carbocycles. The fourth-order valence-corrected chi connectivity index (χ4v) is 3.59. The molecule has 4 rings (SSSR count). The Morgan fingerprint density at radius 2 is 2.11 bits per heavy atom. The quantitative estimate of drug-likeness (QED) is 0.674. The van der Waals surface area contributed by atoms with Crippen LogP contribution in [0.2, 0.25) is 0 Å². The number of imidazole rings is 1. The van der Waals surface area contributed by atoms with E-state index in [0.29, 0.717) is 42.4 Å². The van der Waals surface area contributed by atoms with E-state index in [0.717, 1.165) is 5.69 Å².